The molecule has 1 saturated heterocycles. The zero-order valence-corrected chi connectivity index (χ0v) is 26.9. The lowest BCUT2D eigenvalue weighted by Gasteiger charge is -2.48. The van der Waals surface area contributed by atoms with Gasteiger partial charge in [0.15, 0.2) is 5.79 Å². The maximum atomic E-state index is 12.9. The molecule has 40 heavy (non-hydrogen) atoms. The summed E-state index contributed by atoms with van der Waals surface area (Å²) in [6, 6.07) is 21.0. The van der Waals surface area contributed by atoms with Crippen molar-refractivity contribution in [2.24, 2.45) is 5.92 Å². The molecule has 1 amide bonds. The Morgan fingerprint density at radius 1 is 1.05 bits per heavy atom. The molecule has 1 aliphatic carbocycles. The molecule has 0 radical (unpaired) electrons. The van der Waals surface area contributed by atoms with E-state index < -0.39 is 29.3 Å². The van der Waals surface area contributed by atoms with Gasteiger partial charge < -0.3 is 19.2 Å². The van der Waals surface area contributed by atoms with E-state index in [4.69, 9.17) is 48.7 Å². The van der Waals surface area contributed by atoms with E-state index >= 15 is 0 Å². The molecule has 1 N–H and O–H groups in total. The molecule has 9 heteroatoms. The number of hydrogen-bond acceptors (Lipinski definition) is 4. The Labute approximate surface area is 253 Å². The highest BCUT2D eigenvalue weighted by atomic mass is 35.6. The molecular weight excluding hydrogens is 585 g/mol. The van der Waals surface area contributed by atoms with Crippen molar-refractivity contribution in [3.8, 4) is 0 Å². The predicted octanol–water partition coefficient (Wildman–Crippen LogP) is 6.42. The fourth-order valence-corrected chi connectivity index (χ4v) is 10.6. The molecule has 0 bridgehead atoms. The average molecular weight is 623 g/mol. The standard InChI is InChI=1S/C31H38Cl3NO4Si/c1-7-30(35-27(36)31(32,33)34)19-18-22(20-25(30)26-21-37-29(5,6)38-26)39-40(28(2,3)4,23-14-10-8-11-15-23)24-16-12-9-13-17-24/h7-18,25-26H,1,19-21H2,2-6H3,(H,35,36)/t25-,26?,30+/m1/s1. The van der Waals surface area contributed by atoms with Gasteiger partial charge in [0.25, 0.3) is 9.70 Å². The highest BCUT2D eigenvalue weighted by Gasteiger charge is 2.55. The number of hydrogen-bond donors (Lipinski definition) is 1. The fourth-order valence-electron chi connectivity index (χ4n) is 5.93. The van der Waals surface area contributed by atoms with Gasteiger partial charge in [0.2, 0.25) is 0 Å². The third-order valence-corrected chi connectivity index (χ3v) is 13.4. The van der Waals surface area contributed by atoms with Crippen LogP contribution in [0.2, 0.25) is 5.04 Å². The van der Waals surface area contributed by atoms with Crippen LogP contribution in [0.3, 0.4) is 0 Å². The Kier molecular flexibility index (Phi) is 8.93. The van der Waals surface area contributed by atoms with Gasteiger partial charge in [-0.15, -0.1) is 6.58 Å². The molecular formula is C31H38Cl3NO4Si. The number of halogens is 3. The van der Waals surface area contributed by atoms with Crippen LogP contribution in [0, 0.1) is 5.92 Å². The summed E-state index contributed by atoms with van der Waals surface area (Å²) in [4.78, 5) is 12.9. The lowest BCUT2D eigenvalue weighted by atomic mass is 9.72. The Balaban J connectivity index is 1.81. The molecule has 1 fully saturated rings. The minimum atomic E-state index is -2.87. The van der Waals surface area contributed by atoms with Crippen LogP contribution in [-0.4, -0.2) is 42.1 Å². The normalized spacial score (nSPS) is 25.1. The first-order valence-electron chi connectivity index (χ1n) is 13.5. The molecule has 2 aromatic rings. The van der Waals surface area contributed by atoms with Crippen LogP contribution >= 0.6 is 34.8 Å². The van der Waals surface area contributed by atoms with Crippen LogP contribution < -0.4 is 15.7 Å². The first kappa shape index (κ1) is 31.1. The van der Waals surface area contributed by atoms with Crippen LogP contribution in [0.25, 0.3) is 0 Å². The minimum Gasteiger partial charge on any atom is -0.537 e. The zero-order chi connectivity index (χ0) is 29.4. The number of ether oxygens (including phenoxy) is 2. The molecule has 4 rings (SSSR count). The van der Waals surface area contributed by atoms with E-state index in [2.05, 4.69) is 81.2 Å². The van der Waals surface area contributed by atoms with Gasteiger partial charge >= 0.3 is 8.32 Å². The molecule has 5 nitrogen and oxygen atoms in total. The van der Waals surface area contributed by atoms with Crippen molar-refractivity contribution in [3.63, 3.8) is 0 Å². The van der Waals surface area contributed by atoms with Gasteiger partial charge in [0, 0.05) is 12.3 Å². The Bertz CT molecular complexity index is 1200. The maximum Gasteiger partial charge on any atom is 0.319 e. The van der Waals surface area contributed by atoms with Gasteiger partial charge in [-0.25, -0.2) is 0 Å². The second-order valence-electron chi connectivity index (χ2n) is 12.0. The summed E-state index contributed by atoms with van der Waals surface area (Å²) in [6.45, 7) is 14.9. The summed E-state index contributed by atoms with van der Waals surface area (Å²) >= 11 is 17.9. The van der Waals surface area contributed by atoms with E-state index in [1.165, 1.54) is 10.4 Å². The number of carbonyl (C=O) groups is 1. The van der Waals surface area contributed by atoms with Crippen LogP contribution in [0.1, 0.15) is 47.5 Å². The van der Waals surface area contributed by atoms with E-state index in [0.29, 0.717) is 19.4 Å². The van der Waals surface area contributed by atoms with Crippen LogP contribution in [0.15, 0.2) is 85.2 Å². The molecule has 2 aromatic carbocycles. The largest absolute Gasteiger partial charge is 0.537 e. The lowest BCUT2D eigenvalue weighted by Crippen LogP contribution is -2.67. The highest BCUT2D eigenvalue weighted by molar-refractivity contribution is 6.99. The van der Waals surface area contributed by atoms with Crippen molar-refractivity contribution in [1.82, 2.24) is 5.32 Å². The lowest BCUT2D eigenvalue weighted by molar-refractivity contribution is -0.149. The topological polar surface area (TPSA) is 56.8 Å². The quantitative estimate of drug-likeness (QED) is 0.220. The van der Waals surface area contributed by atoms with Crippen molar-refractivity contribution in [2.45, 2.75) is 73.7 Å². The number of allylic oxidation sites excluding steroid dienone is 1. The van der Waals surface area contributed by atoms with Gasteiger partial charge in [-0.2, -0.15) is 0 Å². The molecule has 0 aromatic heterocycles. The number of carbonyl (C=O) groups excluding carboxylic acids is 1. The molecule has 216 valence electrons. The SMILES string of the molecule is C=C[C@]1(NC(=O)C(Cl)(Cl)Cl)CC=C(O[Si](c2ccccc2)(c2ccccc2)C(C)(C)C)C[C@@H]1C1COC(C)(C)O1. The van der Waals surface area contributed by atoms with Crippen LogP contribution in [0.4, 0.5) is 0 Å². The molecule has 3 atom stereocenters. The molecule has 1 unspecified atom stereocenters. The first-order valence-corrected chi connectivity index (χ1v) is 16.5. The summed E-state index contributed by atoms with van der Waals surface area (Å²) in [5.41, 5.74) is -0.937. The van der Waals surface area contributed by atoms with Crippen molar-refractivity contribution in [3.05, 3.63) is 85.2 Å². The Morgan fingerprint density at radius 3 is 2.02 bits per heavy atom. The number of benzene rings is 2. The van der Waals surface area contributed by atoms with E-state index in [1.54, 1.807) is 6.08 Å². The van der Waals surface area contributed by atoms with Crippen LogP contribution in [-0.2, 0) is 18.7 Å². The fraction of sp³-hybridized carbons (Fsp3) is 0.452. The number of nitrogens with one attached hydrogen (secondary N) is 1. The Hall–Kier alpha value is -1.80. The van der Waals surface area contributed by atoms with Gasteiger partial charge in [-0.3, -0.25) is 4.79 Å². The van der Waals surface area contributed by atoms with Crippen molar-refractivity contribution < 1.29 is 18.7 Å². The third-order valence-electron chi connectivity index (χ3n) is 7.90. The number of rotatable bonds is 7. The minimum absolute atomic E-state index is 0.211. The summed E-state index contributed by atoms with van der Waals surface area (Å²) in [7, 11) is -2.87. The summed E-state index contributed by atoms with van der Waals surface area (Å²) in [5, 5.41) is 5.12. The Morgan fingerprint density at radius 2 is 1.60 bits per heavy atom. The smallest absolute Gasteiger partial charge is 0.319 e. The molecule has 0 spiro atoms. The van der Waals surface area contributed by atoms with E-state index in [0.717, 1.165) is 5.76 Å². The third kappa shape index (κ3) is 6.18. The second-order valence-corrected chi connectivity index (χ2v) is 18.5. The second kappa shape index (κ2) is 11.5. The van der Waals surface area contributed by atoms with Gasteiger partial charge in [-0.1, -0.05) is 122 Å². The number of amides is 1. The summed E-state index contributed by atoms with van der Waals surface area (Å²) < 4.78 is 17.5. The predicted molar refractivity (Wildman–Crippen MR) is 166 cm³/mol. The summed E-state index contributed by atoms with van der Waals surface area (Å²) in [5.74, 6) is -0.934. The molecule has 0 saturated carbocycles. The molecule has 2 aliphatic rings. The van der Waals surface area contributed by atoms with Crippen molar-refractivity contribution in [1.29, 1.82) is 0 Å². The molecule has 1 aliphatic heterocycles. The number of alkyl halides is 3. The maximum absolute atomic E-state index is 12.9. The van der Waals surface area contributed by atoms with E-state index in [-0.39, 0.29) is 17.1 Å². The van der Waals surface area contributed by atoms with Crippen molar-refractivity contribution in [2.75, 3.05) is 6.61 Å². The van der Waals surface area contributed by atoms with E-state index in [9.17, 15) is 4.79 Å². The zero-order valence-electron chi connectivity index (χ0n) is 23.7. The summed E-state index contributed by atoms with van der Waals surface area (Å²) in [6.07, 6.45) is 4.27. The van der Waals surface area contributed by atoms with E-state index in [1.807, 2.05) is 32.1 Å². The van der Waals surface area contributed by atoms with Gasteiger partial charge in [-0.05, 0) is 41.8 Å². The first-order chi connectivity index (χ1) is 18.6. The molecule has 1 heterocycles. The van der Waals surface area contributed by atoms with Gasteiger partial charge in [0.05, 0.1) is 24.0 Å². The highest BCUT2D eigenvalue weighted by Crippen LogP contribution is 2.45. The van der Waals surface area contributed by atoms with Gasteiger partial charge in [0.1, 0.15) is 0 Å². The van der Waals surface area contributed by atoms with Crippen molar-refractivity contribution >= 4 is 59.4 Å². The average Bonchev–Trinajstić information content (AvgIpc) is 3.26. The monoisotopic (exact) mass is 621 g/mol. The van der Waals surface area contributed by atoms with Crippen LogP contribution in [0.5, 0.6) is 0 Å².